The van der Waals surface area contributed by atoms with E-state index < -0.39 is 12.1 Å². The number of carbonyl (C=O) groups excluding carboxylic acids is 1. The number of nitrogens with one attached hydrogen (secondary N) is 1. The summed E-state index contributed by atoms with van der Waals surface area (Å²) in [6, 6.07) is 1.62. The molecule has 1 unspecified atom stereocenters. The molecule has 2 N–H and O–H groups in total. The first-order valence-electron chi connectivity index (χ1n) is 5.00. The number of hydrogen-bond acceptors (Lipinski definition) is 4. The van der Waals surface area contributed by atoms with Crippen LogP contribution in [0.2, 0.25) is 0 Å². The summed E-state index contributed by atoms with van der Waals surface area (Å²) in [5, 5.41) is 15.2. The molecule has 1 aromatic heterocycles. The summed E-state index contributed by atoms with van der Waals surface area (Å²) < 4.78 is 6.13. The smallest absolute Gasteiger partial charge is 0.334 e. The third-order valence-corrected chi connectivity index (χ3v) is 2.24. The van der Waals surface area contributed by atoms with E-state index in [0.717, 1.165) is 5.69 Å². The van der Waals surface area contributed by atoms with Gasteiger partial charge >= 0.3 is 5.97 Å². The van der Waals surface area contributed by atoms with Crippen molar-refractivity contribution >= 4 is 11.9 Å². The van der Waals surface area contributed by atoms with Crippen LogP contribution in [0.3, 0.4) is 0 Å². The predicted molar refractivity (Wildman–Crippen MR) is 58.7 cm³/mol. The fourth-order valence-corrected chi connectivity index (χ4v) is 1.37. The Morgan fingerprint density at radius 1 is 1.65 bits per heavy atom. The summed E-state index contributed by atoms with van der Waals surface area (Å²) in [5.74, 6) is -1.50. The molecule has 1 aromatic rings. The van der Waals surface area contributed by atoms with Crippen molar-refractivity contribution in [2.24, 2.45) is 7.05 Å². The number of ether oxygens (including phenoxy) is 1. The van der Waals surface area contributed by atoms with Crippen molar-refractivity contribution in [1.29, 1.82) is 0 Å². The van der Waals surface area contributed by atoms with E-state index in [1.165, 1.54) is 11.8 Å². The Bertz CT molecular complexity index is 427. The fraction of sp³-hybridized carbons (Fsp3) is 0.500. The van der Waals surface area contributed by atoms with Crippen molar-refractivity contribution in [3.05, 3.63) is 17.5 Å². The van der Waals surface area contributed by atoms with Crippen molar-refractivity contribution in [3.8, 4) is 0 Å². The van der Waals surface area contributed by atoms with Crippen LogP contribution >= 0.6 is 0 Å². The molecule has 1 amide bonds. The minimum atomic E-state index is -1.12. The number of carboxylic acids is 1. The first-order chi connectivity index (χ1) is 7.95. The number of hydrogen-bond donors (Lipinski definition) is 2. The average Bonchev–Trinajstić information content (AvgIpc) is 2.58. The molecule has 0 fully saturated rings. The third-order valence-electron chi connectivity index (χ3n) is 2.24. The molecule has 94 valence electrons. The molecule has 7 nitrogen and oxygen atoms in total. The molecule has 0 saturated heterocycles. The maximum Gasteiger partial charge on any atom is 0.334 e. The van der Waals surface area contributed by atoms with Crippen LogP contribution in [0.15, 0.2) is 6.07 Å². The highest BCUT2D eigenvalue weighted by atomic mass is 16.5. The lowest BCUT2D eigenvalue weighted by Crippen LogP contribution is -2.38. The number of carbonyl (C=O) groups is 2. The van der Waals surface area contributed by atoms with Gasteiger partial charge in [0.15, 0.2) is 6.10 Å². The van der Waals surface area contributed by atoms with Crippen molar-refractivity contribution in [1.82, 2.24) is 15.1 Å². The maximum atomic E-state index is 11.7. The van der Waals surface area contributed by atoms with E-state index in [0.29, 0.717) is 5.69 Å². The molecule has 17 heavy (non-hydrogen) atoms. The lowest BCUT2D eigenvalue weighted by atomic mass is 10.3. The molecule has 7 heteroatoms. The highest BCUT2D eigenvalue weighted by Gasteiger charge is 2.19. The van der Waals surface area contributed by atoms with E-state index in [1.807, 2.05) is 0 Å². The Balaban J connectivity index is 2.61. The summed E-state index contributed by atoms with van der Waals surface area (Å²) in [6.45, 7) is 1.68. The molecule has 1 heterocycles. The van der Waals surface area contributed by atoms with Gasteiger partial charge in [0.05, 0.1) is 12.2 Å². The lowest BCUT2D eigenvalue weighted by Gasteiger charge is -2.11. The molecule has 0 aliphatic heterocycles. The maximum absolute atomic E-state index is 11.7. The molecule has 0 saturated carbocycles. The summed E-state index contributed by atoms with van der Waals surface area (Å²) >= 11 is 0. The van der Waals surface area contributed by atoms with Crippen LogP contribution in [0.5, 0.6) is 0 Å². The standard InChI is InChI=1S/C10H15N3O4/c1-6-4-7(13(2)12-6)9(14)11-5-8(17-3)10(15)16/h4,8H,5H2,1-3H3,(H,11,14)(H,15,16). The van der Waals surface area contributed by atoms with Gasteiger partial charge in [-0.15, -0.1) is 0 Å². The van der Waals surface area contributed by atoms with Gasteiger partial charge in [0.2, 0.25) is 0 Å². The molecule has 0 aliphatic carbocycles. The van der Waals surface area contributed by atoms with Crippen LogP contribution in [0.25, 0.3) is 0 Å². The van der Waals surface area contributed by atoms with Crippen LogP contribution in [0.1, 0.15) is 16.2 Å². The van der Waals surface area contributed by atoms with Gasteiger partial charge in [-0.3, -0.25) is 9.48 Å². The van der Waals surface area contributed by atoms with Gasteiger partial charge in [0, 0.05) is 14.2 Å². The number of methoxy groups -OCH3 is 1. The summed E-state index contributed by atoms with van der Waals surface area (Å²) in [4.78, 5) is 22.4. The van der Waals surface area contributed by atoms with Gasteiger partial charge in [-0.2, -0.15) is 5.10 Å². The summed E-state index contributed by atoms with van der Waals surface area (Å²) in [7, 11) is 2.92. The Kier molecular flexibility index (Phi) is 4.22. The zero-order valence-corrected chi connectivity index (χ0v) is 9.93. The van der Waals surface area contributed by atoms with Crippen LogP contribution in [-0.2, 0) is 16.6 Å². The molecule has 1 atom stereocenters. The molecular formula is C10H15N3O4. The number of aromatic nitrogens is 2. The number of aliphatic carboxylic acids is 1. The van der Waals surface area contributed by atoms with E-state index in [1.54, 1.807) is 20.0 Å². The zero-order valence-electron chi connectivity index (χ0n) is 9.93. The quantitative estimate of drug-likeness (QED) is 0.728. The van der Waals surface area contributed by atoms with Crippen LogP contribution in [-0.4, -0.2) is 46.5 Å². The normalized spacial score (nSPS) is 12.2. The van der Waals surface area contributed by atoms with Crippen LogP contribution < -0.4 is 5.32 Å². The van der Waals surface area contributed by atoms with Crippen molar-refractivity contribution in [3.63, 3.8) is 0 Å². The highest BCUT2D eigenvalue weighted by Crippen LogP contribution is 2.01. The molecule has 0 radical (unpaired) electrons. The number of carboxylic acid groups (broad SMARTS) is 1. The zero-order chi connectivity index (χ0) is 13.0. The van der Waals surface area contributed by atoms with Crippen molar-refractivity contribution in [2.75, 3.05) is 13.7 Å². The fourth-order valence-electron chi connectivity index (χ4n) is 1.37. The second kappa shape index (κ2) is 5.44. The Morgan fingerprint density at radius 3 is 2.71 bits per heavy atom. The van der Waals surface area contributed by atoms with Gasteiger partial charge < -0.3 is 15.2 Å². The van der Waals surface area contributed by atoms with Crippen molar-refractivity contribution in [2.45, 2.75) is 13.0 Å². The molecular weight excluding hydrogens is 226 g/mol. The first kappa shape index (κ1) is 13.2. The van der Waals surface area contributed by atoms with Gasteiger partial charge in [-0.1, -0.05) is 0 Å². The van der Waals surface area contributed by atoms with E-state index in [2.05, 4.69) is 10.4 Å². The summed E-state index contributed by atoms with van der Waals surface area (Å²) in [6.07, 6.45) is -1.05. The molecule has 0 bridgehead atoms. The number of rotatable bonds is 5. The first-order valence-corrected chi connectivity index (χ1v) is 5.00. The predicted octanol–water partition coefficient (Wildman–Crippen LogP) is -0.442. The van der Waals surface area contributed by atoms with Gasteiger partial charge in [0.25, 0.3) is 5.91 Å². The SMILES string of the molecule is COC(CNC(=O)c1cc(C)nn1C)C(=O)O. The average molecular weight is 241 g/mol. The Labute approximate surface area is 98.4 Å². The Hall–Kier alpha value is -1.89. The van der Waals surface area contributed by atoms with E-state index in [4.69, 9.17) is 9.84 Å². The summed E-state index contributed by atoms with van der Waals surface area (Å²) in [5.41, 5.74) is 1.10. The molecule has 0 spiro atoms. The second-order valence-electron chi connectivity index (χ2n) is 3.57. The van der Waals surface area contributed by atoms with Crippen molar-refractivity contribution < 1.29 is 19.4 Å². The van der Waals surface area contributed by atoms with Gasteiger partial charge in [-0.25, -0.2) is 4.79 Å². The van der Waals surface area contributed by atoms with E-state index >= 15 is 0 Å². The minimum absolute atomic E-state index is 0.0884. The molecule has 0 aromatic carbocycles. The van der Waals surface area contributed by atoms with Gasteiger partial charge in [-0.05, 0) is 13.0 Å². The highest BCUT2D eigenvalue weighted by molar-refractivity contribution is 5.93. The van der Waals surface area contributed by atoms with Gasteiger partial charge in [0.1, 0.15) is 5.69 Å². The van der Waals surface area contributed by atoms with E-state index in [9.17, 15) is 9.59 Å². The number of aryl methyl sites for hydroxylation is 2. The molecule has 1 rings (SSSR count). The number of nitrogens with zero attached hydrogens (tertiary/aromatic N) is 2. The molecule has 0 aliphatic rings. The van der Waals surface area contributed by atoms with E-state index in [-0.39, 0.29) is 12.5 Å². The Morgan fingerprint density at radius 2 is 2.29 bits per heavy atom. The van der Waals surface area contributed by atoms with Crippen LogP contribution in [0, 0.1) is 6.92 Å². The largest absolute Gasteiger partial charge is 0.479 e. The van der Waals surface area contributed by atoms with Crippen LogP contribution in [0.4, 0.5) is 0 Å². The third kappa shape index (κ3) is 3.28. The topological polar surface area (TPSA) is 93.5 Å². The number of amides is 1. The minimum Gasteiger partial charge on any atom is -0.479 e. The monoisotopic (exact) mass is 241 g/mol. The second-order valence-corrected chi connectivity index (χ2v) is 3.57. The lowest BCUT2D eigenvalue weighted by molar-refractivity contribution is -0.148.